The summed E-state index contributed by atoms with van der Waals surface area (Å²) in [6, 6.07) is 0.349. The first-order valence-electron chi connectivity index (χ1n) is 10.3. The molecule has 0 aromatic rings. The zero-order chi connectivity index (χ0) is 19.9. The molecule has 1 aliphatic rings. The molecule has 27 heavy (non-hydrogen) atoms. The number of hydrogen-bond acceptors (Lipinski definition) is 4. The zero-order valence-corrected chi connectivity index (χ0v) is 17.6. The second-order valence-electron chi connectivity index (χ2n) is 7.20. The van der Waals surface area contributed by atoms with Crippen molar-refractivity contribution >= 4 is 5.96 Å². The van der Waals surface area contributed by atoms with E-state index in [1.807, 2.05) is 12.2 Å². The summed E-state index contributed by atoms with van der Waals surface area (Å²) in [4.78, 5) is 7.19. The largest absolute Gasteiger partial charge is 0.379 e. The standard InChI is InChI=1S/C21H40N4O2/c1-6-12-25(13-7-2)20(18(4)5)16-24-21(22-8-3)23-11-9-14-27-19-10-15-26-17-19/h6-7,18-20H,1-2,8-17H2,3-5H3,(H2,22,23,24). The van der Waals surface area contributed by atoms with E-state index in [0.717, 1.165) is 71.3 Å². The molecule has 0 aliphatic carbocycles. The first kappa shape index (κ1) is 23.7. The number of nitrogens with zero attached hydrogens (tertiary/aromatic N) is 2. The predicted octanol–water partition coefficient (Wildman–Crippen LogP) is 2.44. The first-order valence-corrected chi connectivity index (χ1v) is 10.3. The van der Waals surface area contributed by atoms with Crippen LogP contribution in [0.2, 0.25) is 0 Å². The third kappa shape index (κ3) is 9.94. The van der Waals surface area contributed by atoms with Crippen LogP contribution in [-0.2, 0) is 9.47 Å². The average molecular weight is 381 g/mol. The van der Waals surface area contributed by atoms with Crippen molar-refractivity contribution in [3.8, 4) is 0 Å². The lowest BCUT2D eigenvalue weighted by Gasteiger charge is -2.32. The maximum atomic E-state index is 5.81. The van der Waals surface area contributed by atoms with Crippen LogP contribution in [0, 0.1) is 5.92 Å². The summed E-state index contributed by atoms with van der Waals surface area (Å²) < 4.78 is 11.1. The number of nitrogens with one attached hydrogen (secondary N) is 2. The van der Waals surface area contributed by atoms with E-state index in [2.05, 4.69) is 49.5 Å². The molecule has 1 saturated heterocycles. The molecule has 1 aliphatic heterocycles. The molecular weight excluding hydrogens is 340 g/mol. The number of hydrogen-bond donors (Lipinski definition) is 2. The van der Waals surface area contributed by atoms with Gasteiger partial charge in [-0.05, 0) is 25.7 Å². The van der Waals surface area contributed by atoms with Crippen LogP contribution in [0.4, 0.5) is 0 Å². The molecule has 0 radical (unpaired) electrons. The van der Waals surface area contributed by atoms with Gasteiger partial charge in [0.2, 0.25) is 0 Å². The molecule has 1 fully saturated rings. The van der Waals surface area contributed by atoms with Crippen LogP contribution in [-0.4, -0.2) is 75.5 Å². The smallest absolute Gasteiger partial charge is 0.191 e. The lowest BCUT2D eigenvalue weighted by Crippen LogP contribution is -2.43. The van der Waals surface area contributed by atoms with Crippen molar-refractivity contribution in [2.75, 3.05) is 52.5 Å². The van der Waals surface area contributed by atoms with Gasteiger partial charge in [-0.2, -0.15) is 0 Å². The molecule has 0 aromatic heterocycles. The van der Waals surface area contributed by atoms with E-state index in [1.54, 1.807) is 0 Å². The van der Waals surface area contributed by atoms with E-state index in [0.29, 0.717) is 12.0 Å². The molecule has 2 unspecified atom stereocenters. The van der Waals surface area contributed by atoms with Crippen molar-refractivity contribution in [3.05, 3.63) is 25.3 Å². The minimum atomic E-state index is 0.277. The van der Waals surface area contributed by atoms with Crippen LogP contribution in [0.15, 0.2) is 30.3 Å². The Labute approximate surface area is 166 Å². The Morgan fingerprint density at radius 3 is 2.59 bits per heavy atom. The molecule has 0 saturated carbocycles. The van der Waals surface area contributed by atoms with E-state index in [4.69, 9.17) is 14.5 Å². The Morgan fingerprint density at radius 2 is 2.04 bits per heavy atom. The van der Waals surface area contributed by atoms with Crippen LogP contribution in [0.5, 0.6) is 0 Å². The summed E-state index contributed by atoms with van der Waals surface area (Å²) in [6.07, 6.45) is 6.13. The van der Waals surface area contributed by atoms with Gasteiger partial charge >= 0.3 is 0 Å². The molecule has 0 spiro atoms. The third-order valence-corrected chi connectivity index (χ3v) is 4.60. The maximum absolute atomic E-state index is 5.81. The SMILES string of the molecule is C=CCN(CC=C)C(CN=C(NCC)NCCCOC1CCOC1)C(C)C. The second-order valence-corrected chi connectivity index (χ2v) is 7.20. The highest BCUT2D eigenvalue weighted by Crippen LogP contribution is 2.12. The summed E-state index contributed by atoms with van der Waals surface area (Å²) in [7, 11) is 0. The first-order chi connectivity index (χ1) is 13.1. The van der Waals surface area contributed by atoms with Gasteiger partial charge in [-0.3, -0.25) is 9.89 Å². The van der Waals surface area contributed by atoms with Crippen molar-refractivity contribution in [2.24, 2.45) is 10.9 Å². The minimum absolute atomic E-state index is 0.277. The molecule has 156 valence electrons. The fraction of sp³-hybridized carbons (Fsp3) is 0.762. The highest BCUT2D eigenvalue weighted by Gasteiger charge is 2.20. The van der Waals surface area contributed by atoms with Gasteiger partial charge in [0.1, 0.15) is 0 Å². The average Bonchev–Trinajstić information content (AvgIpc) is 3.15. The van der Waals surface area contributed by atoms with E-state index < -0.39 is 0 Å². The zero-order valence-electron chi connectivity index (χ0n) is 17.6. The van der Waals surface area contributed by atoms with Crippen LogP contribution in [0.25, 0.3) is 0 Å². The second kappa shape index (κ2) is 14.7. The quantitative estimate of drug-likeness (QED) is 0.210. The van der Waals surface area contributed by atoms with Crippen molar-refractivity contribution < 1.29 is 9.47 Å². The van der Waals surface area contributed by atoms with E-state index in [9.17, 15) is 0 Å². The van der Waals surface area contributed by atoms with Crippen LogP contribution in [0.1, 0.15) is 33.6 Å². The van der Waals surface area contributed by atoms with Crippen molar-refractivity contribution in [1.82, 2.24) is 15.5 Å². The van der Waals surface area contributed by atoms with E-state index in [-0.39, 0.29) is 6.10 Å². The van der Waals surface area contributed by atoms with Gasteiger partial charge < -0.3 is 20.1 Å². The Bertz CT molecular complexity index is 424. The summed E-state index contributed by atoms with van der Waals surface area (Å²) in [6.45, 7) is 20.8. The van der Waals surface area contributed by atoms with Gasteiger partial charge in [-0.25, -0.2) is 0 Å². The molecule has 2 atom stereocenters. The summed E-state index contributed by atoms with van der Waals surface area (Å²) in [5, 5.41) is 6.74. The molecule has 1 rings (SSSR count). The monoisotopic (exact) mass is 380 g/mol. The van der Waals surface area contributed by atoms with Crippen molar-refractivity contribution in [3.63, 3.8) is 0 Å². The molecule has 0 aromatic carbocycles. The summed E-state index contributed by atoms with van der Waals surface area (Å²) in [5.74, 6) is 1.36. The Balaban J connectivity index is 2.47. The lowest BCUT2D eigenvalue weighted by atomic mass is 10.0. The summed E-state index contributed by atoms with van der Waals surface area (Å²) in [5.41, 5.74) is 0. The Morgan fingerprint density at radius 1 is 1.30 bits per heavy atom. The Hall–Kier alpha value is -1.37. The number of ether oxygens (including phenoxy) is 2. The normalized spacial score (nSPS) is 18.7. The summed E-state index contributed by atoms with van der Waals surface area (Å²) >= 11 is 0. The Kier molecular flexibility index (Phi) is 12.9. The number of aliphatic imine (C=N–C) groups is 1. The van der Waals surface area contributed by atoms with E-state index in [1.165, 1.54) is 0 Å². The number of rotatable bonds is 14. The van der Waals surface area contributed by atoms with Gasteiger partial charge in [0.25, 0.3) is 0 Å². The van der Waals surface area contributed by atoms with Crippen LogP contribution in [0.3, 0.4) is 0 Å². The van der Waals surface area contributed by atoms with Crippen LogP contribution < -0.4 is 10.6 Å². The van der Waals surface area contributed by atoms with Gasteiger partial charge in [0.05, 0.1) is 19.3 Å². The molecule has 6 nitrogen and oxygen atoms in total. The maximum Gasteiger partial charge on any atom is 0.191 e. The van der Waals surface area contributed by atoms with Gasteiger partial charge in [0.15, 0.2) is 5.96 Å². The van der Waals surface area contributed by atoms with Crippen molar-refractivity contribution in [1.29, 1.82) is 0 Å². The minimum Gasteiger partial charge on any atom is -0.379 e. The van der Waals surface area contributed by atoms with E-state index >= 15 is 0 Å². The third-order valence-electron chi connectivity index (χ3n) is 4.60. The molecule has 0 amide bonds. The van der Waals surface area contributed by atoms with Crippen molar-refractivity contribution in [2.45, 2.75) is 45.8 Å². The van der Waals surface area contributed by atoms with Gasteiger partial charge in [-0.1, -0.05) is 26.0 Å². The number of guanidine groups is 1. The topological polar surface area (TPSA) is 58.1 Å². The highest BCUT2D eigenvalue weighted by molar-refractivity contribution is 5.79. The molecule has 6 heteroatoms. The predicted molar refractivity (Wildman–Crippen MR) is 114 cm³/mol. The fourth-order valence-corrected chi connectivity index (χ4v) is 3.12. The lowest BCUT2D eigenvalue weighted by molar-refractivity contribution is 0.0420. The van der Waals surface area contributed by atoms with Gasteiger partial charge in [0, 0.05) is 45.4 Å². The molecule has 2 N–H and O–H groups in total. The van der Waals surface area contributed by atoms with Gasteiger partial charge in [-0.15, -0.1) is 13.2 Å². The molecule has 0 bridgehead atoms. The van der Waals surface area contributed by atoms with Crippen LogP contribution >= 0.6 is 0 Å². The molecule has 1 heterocycles. The highest BCUT2D eigenvalue weighted by atomic mass is 16.5. The molecular formula is C21H40N4O2. The fourth-order valence-electron chi connectivity index (χ4n) is 3.12.